The standard InChI is InChI=1S/C26H50N4O8/c1-5-35-23(31)9-17-29(18-10-24(32)36-6-2)21-15-27-13-14-28-16-22-30(19-11-25(33)37-7-3)20-12-26(34)38-8-4/h27-28H,5-22H2,1-4H3. The molecule has 0 aromatic carbocycles. The van der Waals surface area contributed by atoms with Crippen LogP contribution in [0.2, 0.25) is 0 Å². The monoisotopic (exact) mass is 546 g/mol. The van der Waals surface area contributed by atoms with Crippen LogP contribution in [0, 0.1) is 0 Å². The van der Waals surface area contributed by atoms with Crippen molar-refractivity contribution in [3.05, 3.63) is 0 Å². The van der Waals surface area contributed by atoms with Gasteiger partial charge >= 0.3 is 23.9 Å². The molecule has 0 saturated heterocycles. The van der Waals surface area contributed by atoms with Crippen LogP contribution in [-0.2, 0) is 38.1 Å². The summed E-state index contributed by atoms with van der Waals surface area (Å²) in [6, 6.07) is 0. The van der Waals surface area contributed by atoms with Crippen molar-refractivity contribution in [2.24, 2.45) is 0 Å². The molecule has 2 N–H and O–H groups in total. The van der Waals surface area contributed by atoms with E-state index in [1.165, 1.54) is 0 Å². The third-order valence-electron chi connectivity index (χ3n) is 5.44. The van der Waals surface area contributed by atoms with Gasteiger partial charge in [0, 0.05) is 65.4 Å². The Balaban J connectivity index is 4.30. The van der Waals surface area contributed by atoms with Crippen LogP contribution in [0.4, 0.5) is 0 Å². The lowest BCUT2D eigenvalue weighted by Gasteiger charge is -2.22. The summed E-state index contributed by atoms with van der Waals surface area (Å²) < 4.78 is 20.0. The second kappa shape index (κ2) is 25.0. The Hall–Kier alpha value is -2.28. The second-order valence-corrected chi connectivity index (χ2v) is 8.40. The van der Waals surface area contributed by atoms with Gasteiger partial charge in [-0.15, -0.1) is 0 Å². The van der Waals surface area contributed by atoms with Crippen molar-refractivity contribution >= 4 is 23.9 Å². The summed E-state index contributed by atoms with van der Waals surface area (Å²) in [7, 11) is 0. The first-order valence-corrected chi connectivity index (χ1v) is 13.8. The molecule has 0 aliphatic heterocycles. The van der Waals surface area contributed by atoms with Gasteiger partial charge in [-0.2, -0.15) is 0 Å². The topological polar surface area (TPSA) is 136 Å². The number of nitrogens with one attached hydrogen (secondary N) is 2. The fraction of sp³-hybridized carbons (Fsp3) is 0.846. The van der Waals surface area contributed by atoms with Crippen LogP contribution in [0.1, 0.15) is 53.4 Å². The van der Waals surface area contributed by atoms with Gasteiger partial charge in [-0.3, -0.25) is 19.2 Å². The quantitative estimate of drug-likeness (QED) is 0.0942. The van der Waals surface area contributed by atoms with E-state index < -0.39 is 0 Å². The Morgan fingerprint density at radius 3 is 0.947 bits per heavy atom. The number of carbonyl (C=O) groups excluding carboxylic acids is 4. The number of esters is 4. The normalized spacial score (nSPS) is 11.0. The van der Waals surface area contributed by atoms with E-state index in [0.717, 1.165) is 13.1 Å². The molecule has 0 fully saturated rings. The summed E-state index contributed by atoms with van der Waals surface area (Å²) in [5, 5.41) is 6.73. The minimum atomic E-state index is -0.246. The van der Waals surface area contributed by atoms with Gasteiger partial charge in [0.15, 0.2) is 0 Å². The van der Waals surface area contributed by atoms with Crippen LogP contribution in [-0.4, -0.2) is 126 Å². The summed E-state index contributed by atoms with van der Waals surface area (Å²) in [6.45, 7) is 14.9. The zero-order chi connectivity index (χ0) is 28.4. The Bertz CT molecular complexity index is 553. The molecule has 12 heteroatoms. The van der Waals surface area contributed by atoms with Gasteiger partial charge in [0.25, 0.3) is 0 Å². The largest absolute Gasteiger partial charge is 0.466 e. The van der Waals surface area contributed by atoms with Crippen molar-refractivity contribution < 1.29 is 38.1 Å². The summed E-state index contributed by atoms with van der Waals surface area (Å²) >= 11 is 0. The first-order chi connectivity index (χ1) is 18.4. The highest BCUT2D eigenvalue weighted by atomic mass is 16.5. The minimum absolute atomic E-state index is 0.246. The summed E-state index contributed by atoms with van der Waals surface area (Å²) in [5.41, 5.74) is 0. The van der Waals surface area contributed by atoms with Crippen LogP contribution >= 0.6 is 0 Å². The lowest BCUT2D eigenvalue weighted by atomic mass is 10.3. The predicted octanol–water partition coefficient (Wildman–Crippen LogP) is 0.582. The van der Waals surface area contributed by atoms with Crippen molar-refractivity contribution in [2.45, 2.75) is 53.4 Å². The summed E-state index contributed by atoms with van der Waals surface area (Å²) in [6.07, 6.45) is 1.12. The maximum Gasteiger partial charge on any atom is 0.307 e. The van der Waals surface area contributed by atoms with Crippen LogP contribution in [0.15, 0.2) is 0 Å². The maximum atomic E-state index is 11.7. The SMILES string of the molecule is CCOC(=O)CCN(CCNCCNCCN(CCC(=O)OCC)CCC(=O)OCC)CCC(=O)OCC. The van der Waals surface area contributed by atoms with Crippen LogP contribution < -0.4 is 10.6 Å². The molecule has 38 heavy (non-hydrogen) atoms. The molecule has 0 bridgehead atoms. The van der Waals surface area contributed by atoms with E-state index in [9.17, 15) is 19.2 Å². The van der Waals surface area contributed by atoms with E-state index in [-0.39, 0.29) is 49.6 Å². The molecular formula is C26H50N4O8. The molecule has 222 valence electrons. The Labute approximate surface area is 228 Å². The van der Waals surface area contributed by atoms with E-state index in [2.05, 4.69) is 20.4 Å². The Morgan fingerprint density at radius 1 is 0.447 bits per heavy atom. The summed E-state index contributed by atoms with van der Waals surface area (Å²) in [4.78, 5) is 50.9. The van der Waals surface area contributed by atoms with Gasteiger partial charge in [0.05, 0.1) is 52.1 Å². The van der Waals surface area contributed by atoms with E-state index >= 15 is 0 Å². The fourth-order valence-corrected chi connectivity index (χ4v) is 3.50. The average molecular weight is 547 g/mol. The lowest BCUT2D eigenvalue weighted by Crippen LogP contribution is -2.39. The van der Waals surface area contributed by atoms with Crippen molar-refractivity contribution in [2.75, 3.05) is 91.9 Å². The third kappa shape index (κ3) is 21.8. The first-order valence-electron chi connectivity index (χ1n) is 13.8. The number of ether oxygens (including phenoxy) is 4. The Morgan fingerprint density at radius 2 is 0.711 bits per heavy atom. The molecule has 0 heterocycles. The highest BCUT2D eigenvalue weighted by molar-refractivity contribution is 5.70. The predicted molar refractivity (Wildman–Crippen MR) is 144 cm³/mol. The molecule has 0 radical (unpaired) electrons. The molecule has 0 aromatic heterocycles. The zero-order valence-electron chi connectivity index (χ0n) is 23.9. The van der Waals surface area contributed by atoms with Gasteiger partial charge in [-0.1, -0.05) is 0 Å². The Kier molecular flexibility index (Phi) is 23.5. The van der Waals surface area contributed by atoms with Gasteiger partial charge in [0.1, 0.15) is 0 Å². The number of hydrogen-bond acceptors (Lipinski definition) is 12. The van der Waals surface area contributed by atoms with Crippen LogP contribution in [0.25, 0.3) is 0 Å². The van der Waals surface area contributed by atoms with Gasteiger partial charge in [0.2, 0.25) is 0 Å². The molecule has 0 amide bonds. The van der Waals surface area contributed by atoms with Gasteiger partial charge in [-0.05, 0) is 27.7 Å². The van der Waals surface area contributed by atoms with Crippen LogP contribution in [0.3, 0.4) is 0 Å². The highest BCUT2D eigenvalue weighted by Crippen LogP contribution is 1.99. The zero-order valence-corrected chi connectivity index (χ0v) is 23.9. The van der Waals surface area contributed by atoms with Crippen molar-refractivity contribution in [1.82, 2.24) is 20.4 Å². The molecule has 0 aromatic rings. The molecule has 0 aliphatic carbocycles. The van der Waals surface area contributed by atoms with Gasteiger partial charge in [-0.25, -0.2) is 0 Å². The average Bonchev–Trinajstić information content (AvgIpc) is 2.88. The third-order valence-corrected chi connectivity index (χ3v) is 5.44. The molecule has 0 aliphatic rings. The molecule has 0 unspecified atom stereocenters. The van der Waals surface area contributed by atoms with Crippen LogP contribution in [0.5, 0.6) is 0 Å². The molecule has 0 atom stereocenters. The van der Waals surface area contributed by atoms with Crippen molar-refractivity contribution in [3.8, 4) is 0 Å². The number of carbonyl (C=O) groups is 4. The molecular weight excluding hydrogens is 496 g/mol. The molecule has 0 rings (SSSR count). The van der Waals surface area contributed by atoms with E-state index in [4.69, 9.17) is 18.9 Å². The van der Waals surface area contributed by atoms with E-state index in [1.807, 2.05) is 0 Å². The second-order valence-electron chi connectivity index (χ2n) is 8.40. The van der Waals surface area contributed by atoms with E-state index in [1.54, 1.807) is 27.7 Å². The summed E-state index contributed by atoms with van der Waals surface area (Å²) in [5.74, 6) is -0.984. The molecule has 12 nitrogen and oxygen atoms in total. The maximum absolute atomic E-state index is 11.7. The number of nitrogens with zero attached hydrogens (tertiary/aromatic N) is 2. The molecule has 0 saturated carbocycles. The van der Waals surface area contributed by atoms with Crippen molar-refractivity contribution in [1.29, 1.82) is 0 Å². The fourth-order valence-electron chi connectivity index (χ4n) is 3.50. The smallest absolute Gasteiger partial charge is 0.307 e. The number of rotatable bonds is 25. The first kappa shape index (κ1) is 35.7. The van der Waals surface area contributed by atoms with E-state index in [0.29, 0.717) is 78.8 Å². The lowest BCUT2D eigenvalue weighted by molar-refractivity contribution is -0.145. The van der Waals surface area contributed by atoms with Gasteiger partial charge < -0.3 is 39.4 Å². The van der Waals surface area contributed by atoms with Crippen molar-refractivity contribution in [3.63, 3.8) is 0 Å². The highest BCUT2D eigenvalue weighted by Gasteiger charge is 2.13. The number of hydrogen-bond donors (Lipinski definition) is 2. The molecule has 0 spiro atoms. The minimum Gasteiger partial charge on any atom is -0.466 e.